The fourth-order valence-electron chi connectivity index (χ4n) is 0.862. The van der Waals surface area contributed by atoms with Crippen LogP contribution in [0.4, 0.5) is 0 Å². The van der Waals surface area contributed by atoms with Gasteiger partial charge in [0.1, 0.15) is 12.1 Å². The molecule has 2 atom stereocenters. The van der Waals surface area contributed by atoms with Crippen molar-refractivity contribution in [3.63, 3.8) is 0 Å². The summed E-state index contributed by atoms with van der Waals surface area (Å²) in [6.45, 7) is 2.53. The van der Waals surface area contributed by atoms with Gasteiger partial charge in [0.2, 0.25) is 11.8 Å². The molecule has 0 rings (SSSR count). The van der Waals surface area contributed by atoms with E-state index in [-0.39, 0.29) is 45.7 Å². The number of carbonyl (C=O) groups is 4. The molecule has 0 aliphatic rings. The van der Waals surface area contributed by atoms with Crippen molar-refractivity contribution < 1.29 is 51.8 Å². The van der Waals surface area contributed by atoms with Gasteiger partial charge in [-0.25, -0.2) is 9.59 Å². The van der Waals surface area contributed by atoms with Crippen LogP contribution in [0.15, 0.2) is 0 Å². The van der Waals surface area contributed by atoms with Crippen LogP contribution in [0, 0.1) is 0 Å². The molecular weight excluding hydrogens is 505 g/mol. The first-order chi connectivity index (χ1) is 9.15. The van der Waals surface area contributed by atoms with Gasteiger partial charge < -0.3 is 20.8 Å². The molecule has 0 aliphatic carbocycles. The molecule has 0 aromatic heterocycles. The fraction of sp³-hybridized carbons (Fsp3) is 0.600. The van der Waals surface area contributed by atoms with Crippen LogP contribution < -0.4 is 10.6 Å². The number of hydrogen-bond donors (Lipinski definition) is 6. The minimum atomic E-state index is -1.06. The van der Waals surface area contributed by atoms with E-state index in [4.69, 9.17) is 10.2 Å². The molecule has 0 aliphatic heterocycles. The van der Waals surface area contributed by atoms with Gasteiger partial charge in [-0.2, -0.15) is 25.3 Å². The first-order valence-corrected chi connectivity index (χ1v) is 6.63. The van der Waals surface area contributed by atoms with Gasteiger partial charge in [-0.05, 0) is 0 Å². The number of thiol groups is 2. The first-order valence-electron chi connectivity index (χ1n) is 5.37. The Morgan fingerprint density at radius 1 is 0.857 bits per heavy atom. The van der Waals surface area contributed by atoms with Crippen molar-refractivity contribution in [2.75, 3.05) is 11.5 Å². The molecule has 127 valence electrons. The summed E-state index contributed by atoms with van der Waals surface area (Å²) in [5.41, 5.74) is 0. The molecular formula is C10H18AuN2O6S2. The molecule has 8 nitrogen and oxygen atoms in total. The Morgan fingerprint density at radius 2 is 1.10 bits per heavy atom. The van der Waals surface area contributed by atoms with Crippen molar-refractivity contribution in [3.8, 4) is 0 Å². The van der Waals surface area contributed by atoms with Gasteiger partial charge in [-0.3, -0.25) is 9.59 Å². The maximum atomic E-state index is 10.3. The maximum absolute atomic E-state index is 10.3. The third-order valence-corrected chi connectivity index (χ3v) is 2.45. The molecule has 11 heteroatoms. The summed E-state index contributed by atoms with van der Waals surface area (Å²) in [6, 6.07) is -1.75. The van der Waals surface area contributed by atoms with Gasteiger partial charge >= 0.3 is 11.9 Å². The van der Waals surface area contributed by atoms with Crippen LogP contribution >= 0.6 is 25.3 Å². The zero-order valence-electron chi connectivity index (χ0n) is 11.3. The molecule has 0 saturated heterocycles. The Morgan fingerprint density at radius 3 is 1.14 bits per heavy atom. The van der Waals surface area contributed by atoms with E-state index in [0.29, 0.717) is 0 Å². The zero-order valence-corrected chi connectivity index (χ0v) is 15.2. The number of amides is 2. The van der Waals surface area contributed by atoms with Crippen LogP contribution in [0.3, 0.4) is 0 Å². The molecule has 21 heavy (non-hydrogen) atoms. The molecule has 2 amide bonds. The van der Waals surface area contributed by atoms with Crippen molar-refractivity contribution in [2.45, 2.75) is 25.9 Å². The quantitative estimate of drug-likeness (QED) is 0.196. The Kier molecular flexibility index (Phi) is 17.2. The smallest absolute Gasteiger partial charge is 0.327 e. The molecule has 0 heterocycles. The Hall–Kier alpha value is -0.680. The Balaban J connectivity index is -0.000000295. The summed E-state index contributed by atoms with van der Waals surface area (Å²) in [5.74, 6) is -2.64. The first kappa shape index (κ1) is 25.3. The van der Waals surface area contributed by atoms with Gasteiger partial charge in [0.25, 0.3) is 0 Å². The molecule has 1 radical (unpaired) electrons. The molecule has 2 unspecified atom stereocenters. The number of aliphatic carboxylic acids is 2. The standard InChI is InChI=1S/2C5H9NO3S.Au/c2*1-3(7)6-4(2-10)5(8)9;/h2*4,10H,2H2,1H3,(H,6,7)(H,8,9);. The summed E-state index contributed by atoms with van der Waals surface area (Å²) in [7, 11) is 0. The van der Waals surface area contributed by atoms with E-state index < -0.39 is 24.0 Å². The fourth-order valence-corrected chi connectivity index (χ4v) is 1.36. The van der Waals surface area contributed by atoms with E-state index in [9.17, 15) is 19.2 Å². The van der Waals surface area contributed by atoms with E-state index in [1.54, 1.807) is 0 Å². The van der Waals surface area contributed by atoms with Crippen molar-refractivity contribution >= 4 is 49.0 Å². The third-order valence-electron chi connectivity index (χ3n) is 1.72. The van der Waals surface area contributed by atoms with E-state index in [0.717, 1.165) is 0 Å². The summed E-state index contributed by atoms with van der Waals surface area (Å²) in [5, 5.41) is 21.1. The van der Waals surface area contributed by atoms with Crippen molar-refractivity contribution in [1.82, 2.24) is 10.6 Å². The average molecular weight is 523 g/mol. The monoisotopic (exact) mass is 523 g/mol. The molecule has 0 aromatic rings. The average Bonchev–Trinajstić information content (AvgIpc) is 2.32. The van der Waals surface area contributed by atoms with Crippen LogP contribution in [0.5, 0.6) is 0 Å². The number of hydrogen-bond acceptors (Lipinski definition) is 6. The normalized spacial score (nSPS) is 11.6. The van der Waals surface area contributed by atoms with Crippen molar-refractivity contribution in [3.05, 3.63) is 0 Å². The minimum Gasteiger partial charge on any atom is -0.480 e. The summed E-state index contributed by atoms with van der Waals surface area (Å²) < 4.78 is 0. The molecule has 0 aromatic carbocycles. The van der Waals surface area contributed by atoms with Gasteiger partial charge in [0, 0.05) is 47.7 Å². The van der Waals surface area contributed by atoms with Crippen LogP contribution in [-0.4, -0.2) is 57.6 Å². The second-order valence-electron chi connectivity index (χ2n) is 3.55. The molecule has 0 spiro atoms. The molecule has 4 N–H and O–H groups in total. The minimum absolute atomic E-state index is 0. The predicted octanol–water partition coefficient (Wildman–Crippen LogP) is -0.991. The second-order valence-corrected chi connectivity index (χ2v) is 4.28. The second kappa shape index (κ2) is 14.3. The SMILES string of the molecule is CC(=O)NC(CS)C(=O)O.CC(=O)NC(CS)C(=O)O.[Au]. The van der Waals surface area contributed by atoms with E-state index in [2.05, 4.69) is 35.9 Å². The predicted molar refractivity (Wildman–Crippen MR) is 78.2 cm³/mol. The van der Waals surface area contributed by atoms with E-state index in [1.807, 2.05) is 0 Å². The van der Waals surface area contributed by atoms with Gasteiger partial charge in [-0.15, -0.1) is 0 Å². The summed E-state index contributed by atoms with van der Waals surface area (Å²) in [6.07, 6.45) is 0. The van der Waals surface area contributed by atoms with Gasteiger partial charge in [-0.1, -0.05) is 0 Å². The maximum Gasteiger partial charge on any atom is 0.327 e. The number of nitrogens with one attached hydrogen (secondary N) is 2. The number of carboxylic acids is 2. The van der Waals surface area contributed by atoms with Crippen molar-refractivity contribution in [2.24, 2.45) is 0 Å². The summed E-state index contributed by atoms with van der Waals surface area (Å²) in [4.78, 5) is 41.0. The number of carboxylic acid groups (broad SMARTS) is 2. The number of carbonyl (C=O) groups excluding carboxylic acids is 2. The van der Waals surface area contributed by atoms with E-state index >= 15 is 0 Å². The van der Waals surface area contributed by atoms with Gasteiger partial charge in [0.15, 0.2) is 0 Å². The third kappa shape index (κ3) is 15.5. The number of rotatable bonds is 6. The zero-order chi connectivity index (χ0) is 16.3. The summed E-state index contributed by atoms with van der Waals surface area (Å²) >= 11 is 7.47. The Bertz CT molecular complexity index is 335. The van der Waals surface area contributed by atoms with Crippen molar-refractivity contribution in [1.29, 1.82) is 0 Å². The molecule has 0 bridgehead atoms. The van der Waals surface area contributed by atoms with Crippen LogP contribution in [0.2, 0.25) is 0 Å². The molecule has 0 fully saturated rings. The van der Waals surface area contributed by atoms with Gasteiger partial charge in [0.05, 0.1) is 0 Å². The van der Waals surface area contributed by atoms with E-state index in [1.165, 1.54) is 13.8 Å². The van der Waals surface area contributed by atoms with Crippen LogP contribution in [0.25, 0.3) is 0 Å². The Labute approximate surface area is 148 Å². The molecule has 0 saturated carbocycles. The van der Waals surface area contributed by atoms with Crippen LogP contribution in [0.1, 0.15) is 13.8 Å². The largest absolute Gasteiger partial charge is 0.480 e. The topological polar surface area (TPSA) is 133 Å². The van der Waals surface area contributed by atoms with Crippen LogP contribution in [-0.2, 0) is 41.6 Å².